The molecule has 13 nitrogen and oxygen atoms in total. The van der Waals surface area contributed by atoms with E-state index in [0.29, 0.717) is 48.5 Å². The fourth-order valence-corrected chi connectivity index (χ4v) is 7.53. The number of rotatable bonds is 14. The molecule has 0 unspecified atom stereocenters. The molecule has 8 N–H and O–H groups in total. The summed E-state index contributed by atoms with van der Waals surface area (Å²) in [5, 5.41) is 32.9. The molecule has 8 bridgehead atoms. The first-order chi connectivity index (χ1) is 25.2. The molecule has 0 spiro atoms. The smallest absolute Gasteiger partial charge is 0.338 e. The average molecular weight is 725 g/mol. The molecule has 0 saturated carbocycles. The van der Waals surface area contributed by atoms with E-state index in [1.54, 1.807) is 13.0 Å². The van der Waals surface area contributed by atoms with Crippen LogP contribution < -0.4 is 11.1 Å². The Morgan fingerprint density at radius 3 is 2.28 bits per heavy atom. The maximum Gasteiger partial charge on any atom is 0.338 e. The van der Waals surface area contributed by atoms with Gasteiger partial charge in [-0.15, -0.1) is 0 Å². The van der Waals surface area contributed by atoms with Crippen molar-refractivity contribution in [2.75, 3.05) is 6.54 Å². The van der Waals surface area contributed by atoms with E-state index in [1.807, 2.05) is 45.9 Å². The van der Waals surface area contributed by atoms with Crippen molar-refractivity contribution in [3.8, 4) is 0 Å². The molecule has 2 aliphatic heterocycles. The molecule has 5 heterocycles. The summed E-state index contributed by atoms with van der Waals surface area (Å²) in [6, 6.07) is 4.54. The SMILES string of the molecule is C=Cc1c(C)c2cc3nc(c(CC(=O)N[C@@H](CCCCN)C(=O)O)c4nc(cc5[nH]c(cc1[nH]2)c(C)c5CC)C(C)=C4C(=O)O)[C@@H](CCC(=O)O)[C@@H]3C. The van der Waals surface area contributed by atoms with E-state index < -0.39 is 42.2 Å². The first-order valence-corrected chi connectivity index (χ1v) is 18.0. The number of H-pyrrole nitrogens is 2. The van der Waals surface area contributed by atoms with Crippen molar-refractivity contribution in [2.45, 2.75) is 97.4 Å². The van der Waals surface area contributed by atoms with Crippen LogP contribution in [0.15, 0.2) is 24.8 Å². The summed E-state index contributed by atoms with van der Waals surface area (Å²) in [5.74, 6) is -4.99. The second-order valence-electron chi connectivity index (χ2n) is 13.8. The van der Waals surface area contributed by atoms with Crippen LogP contribution in [-0.4, -0.2) is 71.7 Å². The number of carboxylic acid groups (broad SMARTS) is 3. The first-order valence-electron chi connectivity index (χ1n) is 18.0. The summed E-state index contributed by atoms with van der Waals surface area (Å²) in [4.78, 5) is 67.9. The van der Waals surface area contributed by atoms with Crippen molar-refractivity contribution in [3.63, 3.8) is 0 Å². The Morgan fingerprint density at radius 2 is 1.66 bits per heavy atom. The van der Waals surface area contributed by atoms with Crippen LogP contribution in [0.2, 0.25) is 0 Å². The molecular weight excluding hydrogens is 676 g/mol. The van der Waals surface area contributed by atoms with E-state index in [4.69, 9.17) is 15.7 Å². The van der Waals surface area contributed by atoms with Gasteiger partial charge in [-0.05, 0) is 99.9 Å². The molecule has 1 amide bonds. The molecule has 3 aromatic rings. The minimum absolute atomic E-state index is 0.0337. The van der Waals surface area contributed by atoms with E-state index in [0.717, 1.165) is 44.3 Å². The molecule has 0 radical (unpaired) electrons. The number of amides is 1. The Kier molecular flexibility index (Phi) is 11.7. The highest BCUT2D eigenvalue weighted by molar-refractivity contribution is 6.24. The Balaban J connectivity index is 1.91. The zero-order valence-electron chi connectivity index (χ0n) is 30.9. The largest absolute Gasteiger partial charge is 0.481 e. The standard InChI is InChI=1S/C40H48N6O7/c1-7-23-19(3)28-16-30-21(5)25(12-13-35(48)49)37(45-30)26(15-34(47)44-27(39(50)51)11-9-10-14-41)38-36(40(52)53)22(6)31(46-38)18-33-24(8-2)20(4)29(43-33)17-32(23)42-28/h7,16-18,21,25,27,42-43H,1,8-15,41H2,2-6H3,(H,44,47)(H,48,49)(H,50,51)(H,52,53)/t21-,25-,27-/m0/s1. The number of carbonyl (C=O) groups is 4. The molecular formula is C40H48N6O7. The van der Waals surface area contributed by atoms with Crippen molar-refractivity contribution in [2.24, 2.45) is 5.73 Å². The van der Waals surface area contributed by atoms with Crippen molar-refractivity contribution in [3.05, 3.63) is 75.4 Å². The average Bonchev–Trinajstić information content (AvgIpc) is 3.78. The molecule has 0 fully saturated rings. The van der Waals surface area contributed by atoms with Crippen LogP contribution in [0.25, 0.3) is 39.3 Å². The van der Waals surface area contributed by atoms with Crippen LogP contribution >= 0.6 is 0 Å². The number of fused-ring (bicyclic) bond motifs is 8. The number of nitrogens with two attached hydrogens (primary N) is 1. The summed E-state index contributed by atoms with van der Waals surface area (Å²) in [6.45, 7) is 14.1. The third kappa shape index (κ3) is 7.80. The fourth-order valence-electron chi connectivity index (χ4n) is 7.53. The predicted molar refractivity (Wildman–Crippen MR) is 204 cm³/mol. The predicted octanol–water partition coefficient (Wildman–Crippen LogP) is 6.15. The van der Waals surface area contributed by atoms with Crippen molar-refractivity contribution in [1.82, 2.24) is 25.3 Å². The van der Waals surface area contributed by atoms with E-state index >= 15 is 0 Å². The molecule has 0 aromatic carbocycles. The number of hydrogen-bond donors (Lipinski definition) is 7. The highest BCUT2D eigenvalue weighted by Gasteiger charge is 2.36. The molecule has 13 heteroatoms. The van der Waals surface area contributed by atoms with Gasteiger partial charge in [0.05, 0.1) is 29.1 Å². The normalized spacial score (nSPS) is 16.0. The van der Waals surface area contributed by atoms with E-state index in [-0.39, 0.29) is 42.0 Å². The van der Waals surface area contributed by atoms with Gasteiger partial charge in [0, 0.05) is 57.1 Å². The van der Waals surface area contributed by atoms with Crippen LogP contribution in [0.5, 0.6) is 0 Å². The second-order valence-corrected chi connectivity index (χ2v) is 13.8. The number of nitrogens with zero attached hydrogens (tertiary/aromatic N) is 2. The third-order valence-electron chi connectivity index (χ3n) is 10.5. The summed E-state index contributed by atoms with van der Waals surface area (Å²) >= 11 is 0. The van der Waals surface area contributed by atoms with Crippen molar-refractivity contribution < 1.29 is 34.5 Å². The Hall–Kier alpha value is -5.56. The van der Waals surface area contributed by atoms with Gasteiger partial charge in [-0.1, -0.05) is 26.5 Å². The molecule has 3 aromatic heterocycles. The van der Waals surface area contributed by atoms with Gasteiger partial charge in [-0.3, -0.25) is 14.6 Å². The number of aryl methyl sites for hydroxylation is 3. The minimum atomic E-state index is -1.26. The number of aromatic amines is 2. The Bertz CT molecular complexity index is 2190. The topological polar surface area (TPSA) is 224 Å². The van der Waals surface area contributed by atoms with E-state index in [1.165, 1.54) is 0 Å². The molecule has 3 atom stereocenters. The van der Waals surface area contributed by atoms with Gasteiger partial charge in [0.2, 0.25) is 5.91 Å². The second kappa shape index (κ2) is 16.0. The highest BCUT2D eigenvalue weighted by atomic mass is 16.4. The number of hydrogen-bond acceptors (Lipinski definition) is 7. The molecule has 53 heavy (non-hydrogen) atoms. The lowest BCUT2D eigenvalue weighted by molar-refractivity contribution is -0.142. The number of nitrogens with one attached hydrogen (secondary N) is 3. The number of unbranched alkanes of at least 4 members (excludes halogenated alkanes) is 1. The molecule has 0 aliphatic carbocycles. The highest BCUT2D eigenvalue weighted by Crippen LogP contribution is 2.43. The van der Waals surface area contributed by atoms with Crippen molar-refractivity contribution in [1.29, 1.82) is 0 Å². The molecule has 280 valence electrons. The Labute approximate surface area is 307 Å². The minimum Gasteiger partial charge on any atom is -0.481 e. The number of carboxylic acids is 3. The summed E-state index contributed by atoms with van der Waals surface area (Å²) in [7, 11) is 0. The number of aliphatic carboxylic acids is 3. The maximum absolute atomic E-state index is 13.8. The lowest BCUT2D eigenvalue weighted by atomic mass is 9.84. The van der Waals surface area contributed by atoms with Gasteiger partial charge in [-0.2, -0.15) is 0 Å². The Morgan fingerprint density at radius 1 is 0.962 bits per heavy atom. The van der Waals surface area contributed by atoms with Gasteiger partial charge in [0.1, 0.15) is 6.04 Å². The van der Waals surface area contributed by atoms with Gasteiger partial charge in [-0.25, -0.2) is 14.6 Å². The van der Waals surface area contributed by atoms with Crippen LogP contribution in [0.4, 0.5) is 0 Å². The van der Waals surface area contributed by atoms with Crippen molar-refractivity contribution >= 4 is 63.1 Å². The van der Waals surface area contributed by atoms with E-state index in [2.05, 4.69) is 21.9 Å². The van der Waals surface area contributed by atoms with Crippen LogP contribution in [-0.2, 0) is 32.0 Å². The molecule has 2 aliphatic rings. The zero-order chi connectivity index (χ0) is 38.7. The monoisotopic (exact) mass is 724 g/mol. The summed E-state index contributed by atoms with van der Waals surface area (Å²) in [6.07, 6.45) is 3.22. The summed E-state index contributed by atoms with van der Waals surface area (Å²) < 4.78 is 0. The first kappa shape index (κ1) is 38.7. The number of allylic oxidation sites excluding steroid dienone is 1. The fraction of sp³-hybridized carbons (Fsp3) is 0.400. The quantitative estimate of drug-likeness (QED) is 0.0940. The van der Waals surface area contributed by atoms with Crippen LogP contribution in [0.1, 0.15) is 115 Å². The van der Waals surface area contributed by atoms with Crippen LogP contribution in [0, 0.1) is 13.8 Å². The summed E-state index contributed by atoms with van der Waals surface area (Å²) in [5.41, 5.74) is 14.5. The molecule has 5 rings (SSSR count). The molecule has 0 saturated heterocycles. The zero-order valence-corrected chi connectivity index (χ0v) is 30.9. The lowest BCUT2D eigenvalue weighted by Gasteiger charge is -2.19. The van der Waals surface area contributed by atoms with E-state index in [9.17, 15) is 34.5 Å². The third-order valence-corrected chi connectivity index (χ3v) is 10.5. The lowest BCUT2D eigenvalue weighted by Crippen LogP contribution is -2.41. The number of carbonyl (C=O) groups excluding carboxylic acids is 1. The van der Waals surface area contributed by atoms with Gasteiger partial charge >= 0.3 is 17.9 Å². The van der Waals surface area contributed by atoms with Crippen LogP contribution in [0.3, 0.4) is 0 Å². The maximum atomic E-state index is 13.8. The number of aromatic nitrogens is 4. The van der Waals surface area contributed by atoms with Gasteiger partial charge in [0.25, 0.3) is 0 Å². The van der Waals surface area contributed by atoms with Gasteiger partial charge in [0.15, 0.2) is 0 Å². The van der Waals surface area contributed by atoms with Gasteiger partial charge < -0.3 is 36.3 Å².